The Balaban J connectivity index is 0. The molecule has 0 N–H and O–H groups in total. The van der Waals surface area contributed by atoms with Crippen molar-refractivity contribution in [2.45, 2.75) is 252 Å². The van der Waals surface area contributed by atoms with Gasteiger partial charge in [0, 0.05) is 18.4 Å². The van der Waals surface area contributed by atoms with Crippen molar-refractivity contribution in [3.05, 3.63) is 0 Å². The molecule has 270 valence electrons. The number of carboxylic acids is 1. The maximum Gasteiger partial charge on any atom is 1.00 e. The second-order valence-electron chi connectivity index (χ2n) is 14.7. The van der Waals surface area contributed by atoms with Gasteiger partial charge >= 0.3 is 51.4 Å². The first-order chi connectivity index (χ1) is 22.2. The summed E-state index contributed by atoms with van der Waals surface area (Å²) in [5, 5.41) is 11.5. The topological polar surface area (TPSA) is 43.4 Å². The van der Waals surface area contributed by atoms with Crippen molar-refractivity contribution in [1.82, 2.24) is 4.90 Å². The van der Waals surface area contributed by atoms with Crippen LogP contribution in [0.25, 0.3) is 0 Å². The quantitative estimate of drug-likeness (QED) is 0.0482. The molecule has 0 aliphatic rings. The SMILES string of the molecule is CCCCCCCCCCCCCCCCCCN(CCCCCCCCCCCCCCCCCC)C(CCC)CC(=O)[O-].[K+]. The zero-order valence-corrected chi connectivity index (χ0v) is 35.6. The fourth-order valence-electron chi connectivity index (χ4n) is 7.14. The first kappa shape index (κ1) is 49.2. The van der Waals surface area contributed by atoms with Gasteiger partial charge in [-0.3, -0.25) is 0 Å². The Hall–Kier alpha value is 1.07. The minimum Gasteiger partial charge on any atom is -0.550 e. The summed E-state index contributed by atoms with van der Waals surface area (Å²) in [6.45, 7) is 8.90. The summed E-state index contributed by atoms with van der Waals surface area (Å²) in [6, 6.07) is 0.160. The molecule has 0 saturated carbocycles. The summed E-state index contributed by atoms with van der Waals surface area (Å²) in [5.74, 6) is -0.877. The van der Waals surface area contributed by atoms with Crippen LogP contribution in [0.1, 0.15) is 245 Å². The van der Waals surface area contributed by atoms with E-state index >= 15 is 0 Å². The van der Waals surface area contributed by atoms with Crippen LogP contribution in [0, 0.1) is 0 Å². The summed E-state index contributed by atoms with van der Waals surface area (Å²) >= 11 is 0. The van der Waals surface area contributed by atoms with Crippen molar-refractivity contribution in [3.8, 4) is 0 Å². The number of aliphatic carboxylic acids is 1. The van der Waals surface area contributed by atoms with Crippen LogP contribution in [-0.4, -0.2) is 30.0 Å². The van der Waals surface area contributed by atoms with Gasteiger partial charge in [0.15, 0.2) is 0 Å². The normalized spacial score (nSPS) is 12.1. The van der Waals surface area contributed by atoms with Gasteiger partial charge in [0.1, 0.15) is 0 Å². The maximum absolute atomic E-state index is 11.5. The molecule has 0 aromatic heterocycles. The molecule has 0 spiro atoms. The number of rotatable bonds is 39. The van der Waals surface area contributed by atoms with Crippen molar-refractivity contribution in [3.63, 3.8) is 0 Å². The third-order valence-electron chi connectivity index (χ3n) is 10.1. The average molecular weight is 674 g/mol. The summed E-state index contributed by atoms with van der Waals surface area (Å²) in [5.41, 5.74) is 0. The minimum absolute atomic E-state index is 0. The number of unbranched alkanes of at least 4 members (excludes halogenated alkanes) is 30. The molecule has 4 heteroatoms. The van der Waals surface area contributed by atoms with E-state index in [1.807, 2.05) is 0 Å². The second kappa shape index (κ2) is 42.2. The summed E-state index contributed by atoms with van der Waals surface area (Å²) in [4.78, 5) is 14.0. The molecule has 0 aliphatic carbocycles. The Morgan fingerprint density at radius 3 is 0.870 bits per heavy atom. The third kappa shape index (κ3) is 37.9. The van der Waals surface area contributed by atoms with Gasteiger partial charge in [-0.15, -0.1) is 0 Å². The standard InChI is InChI=1S/C42H85NO2.K/c1-4-7-9-11-13-15-17-19-21-23-25-27-29-31-33-35-38-43(41(37-6-3)40-42(44)45)39-36-34-32-30-28-26-24-22-20-18-16-14-12-10-8-5-2;/h41H,4-40H2,1-3H3,(H,44,45);/q;+1/p-1. The van der Waals surface area contributed by atoms with E-state index in [2.05, 4.69) is 25.7 Å². The third-order valence-corrected chi connectivity index (χ3v) is 10.1. The van der Waals surface area contributed by atoms with E-state index in [-0.39, 0.29) is 63.8 Å². The van der Waals surface area contributed by atoms with Gasteiger partial charge < -0.3 is 14.8 Å². The predicted octanol–water partition coefficient (Wildman–Crippen LogP) is 10.1. The van der Waals surface area contributed by atoms with E-state index in [1.165, 1.54) is 205 Å². The van der Waals surface area contributed by atoms with Gasteiger partial charge in [0.25, 0.3) is 0 Å². The Kier molecular flexibility index (Phi) is 45.2. The van der Waals surface area contributed by atoms with Crippen LogP contribution in [0.2, 0.25) is 0 Å². The molecular formula is C42H84KNO2. The minimum atomic E-state index is -0.877. The van der Waals surface area contributed by atoms with E-state index in [9.17, 15) is 9.90 Å². The smallest absolute Gasteiger partial charge is 0.550 e. The van der Waals surface area contributed by atoms with E-state index in [4.69, 9.17) is 0 Å². The van der Waals surface area contributed by atoms with Gasteiger partial charge in [0.05, 0.1) is 0 Å². The van der Waals surface area contributed by atoms with Gasteiger partial charge in [-0.1, -0.05) is 220 Å². The number of carbonyl (C=O) groups is 1. The molecule has 0 saturated heterocycles. The van der Waals surface area contributed by atoms with Crippen molar-refractivity contribution < 1.29 is 61.3 Å². The van der Waals surface area contributed by atoms with E-state index in [0.717, 1.165) is 25.9 Å². The van der Waals surface area contributed by atoms with Gasteiger partial charge in [0.2, 0.25) is 0 Å². The monoisotopic (exact) mass is 674 g/mol. The van der Waals surface area contributed by atoms with Gasteiger partial charge in [-0.2, -0.15) is 0 Å². The number of carbonyl (C=O) groups excluding carboxylic acids is 1. The molecule has 46 heavy (non-hydrogen) atoms. The van der Waals surface area contributed by atoms with Crippen molar-refractivity contribution in [2.24, 2.45) is 0 Å². The molecule has 0 bridgehead atoms. The van der Waals surface area contributed by atoms with Crippen LogP contribution in [0.4, 0.5) is 0 Å². The molecule has 0 amide bonds. The first-order valence-corrected chi connectivity index (χ1v) is 21.1. The number of nitrogens with zero attached hydrogens (tertiary/aromatic N) is 1. The summed E-state index contributed by atoms with van der Waals surface area (Å²) in [7, 11) is 0. The maximum atomic E-state index is 11.5. The molecule has 1 atom stereocenters. The summed E-state index contributed by atoms with van der Waals surface area (Å²) < 4.78 is 0. The van der Waals surface area contributed by atoms with E-state index < -0.39 is 5.97 Å². The molecular weight excluding hydrogens is 590 g/mol. The van der Waals surface area contributed by atoms with Crippen LogP contribution >= 0.6 is 0 Å². The number of hydrogen-bond acceptors (Lipinski definition) is 3. The second-order valence-corrected chi connectivity index (χ2v) is 14.7. The van der Waals surface area contributed by atoms with E-state index in [0.29, 0.717) is 0 Å². The number of hydrogen-bond donors (Lipinski definition) is 0. The number of carboxylic acid groups (broad SMARTS) is 1. The Morgan fingerprint density at radius 1 is 0.413 bits per heavy atom. The average Bonchev–Trinajstić information content (AvgIpc) is 3.03. The molecule has 1 unspecified atom stereocenters. The molecule has 0 aliphatic heterocycles. The van der Waals surface area contributed by atoms with Crippen LogP contribution in [0.5, 0.6) is 0 Å². The first-order valence-electron chi connectivity index (χ1n) is 21.1. The molecule has 0 aromatic rings. The van der Waals surface area contributed by atoms with Crippen LogP contribution in [-0.2, 0) is 4.79 Å². The van der Waals surface area contributed by atoms with Crippen molar-refractivity contribution in [2.75, 3.05) is 13.1 Å². The predicted molar refractivity (Wildman–Crippen MR) is 199 cm³/mol. The molecule has 0 heterocycles. The summed E-state index contributed by atoms with van der Waals surface area (Å²) in [6.07, 6.45) is 46.8. The zero-order valence-electron chi connectivity index (χ0n) is 32.5. The molecule has 0 aromatic carbocycles. The van der Waals surface area contributed by atoms with Crippen LogP contribution in [0.15, 0.2) is 0 Å². The van der Waals surface area contributed by atoms with E-state index in [1.54, 1.807) is 0 Å². The van der Waals surface area contributed by atoms with Gasteiger partial charge in [-0.05, 0) is 32.4 Å². The molecule has 0 rings (SSSR count). The Morgan fingerprint density at radius 2 is 0.652 bits per heavy atom. The molecule has 0 fully saturated rings. The van der Waals surface area contributed by atoms with Crippen LogP contribution < -0.4 is 56.5 Å². The van der Waals surface area contributed by atoms with Gasteiger partial charge in [-0.25, -0.2) is 0 Å². The molecule has 3 nitrogen and oxygen atoms in total. The van der Waals surface area contributed by atoms with Crippen molar-refractivity contribution >= 4 is 5.97 Å². The fourth-order valence-corrected chi connectivity index (χ4v) is 7.14. The fraction of sp³-hybridized carbons (Fsp3) is 0.976. The Labute approximate surface area is 333 Å². The zero-order chi connectivity index (χ0) is 32.9. The molecule has 0 radical (unpaired) electrons. The largest absolute Gasteiger partial charge is 1.00 e. The van der Waals surface area contributed by atoms with Crippen LogP contribution in [0.3, 0.4) is 0 Å². The Bertz CT molecular complexity index is 536. The van der Waals surface area contributed by atoms with Crippen molar-refractivity contribution in [1.29, 1.82) is 0 Å².